The summed E-state index contributed by atoms with van der Waals surface area (Å²) < 4.78 is 211. The Labute approximate surface area is 314 Å². The summed E-state index contributed by atoms with van der Waals surface area (Å²) in [6, 6.07) is 2.79. The Morgan fingerprint density at radius 3 is 1.53 bits per heavy atom. The highest BCUT2D eigenvalue weighted by Crippen LogP contribution is 2.28. The zero-order chi connectivity index (χ0) is 42.0. The highest BCUT2D eigenvalue weighted by atomic mass is 28.5. The van der Waals surface area contributed by atoms with Gasteiger partial charge in [-0.1, -0.05) is 21.3 Å². The summed E-state index contributed by atoms with van der Waals surface area (Å²) in [5.41, 5.74) is 0. The molecule has 2 aliphatic heterocycles. The van der Waals surface area contributed by atoms with Crippen molar-refractivity contribution in [3.05, 3.63) is 0 Å². The van der Waals surface area contributed by atoms with Crippen molar-refractivity contribution in [2.24, 2.45) is 0 Å². The normalized spacial score (nSPS) is 22.3. The molecule has 0 aliphatic carbocycles. The van der Waals surface area contributed by atoms with E-state index in [1.165, 1.54) is 0 Å². The molecule has 0 radical (unpaired) electrons. The highest BCUT2D eigenvalue weighted by molar-refractivity contribution is 6.81. The fourth-order valence-electron chi connectivity index (χ4n) is 3.79. The minimum atomic E-state index is -4.62. The lowest BCUT2D eigenvalue weighted by molar-refractivity contribution is -0.167. The minimum absolute atomic E-state index is 0. The summed E-state index contributed by atoms with van der Waals surface area (Å²) >= 11 is 0. The van der Waals surface area contributed by atoms with Crippen LogP contribution in [0.25, 0.3) is 0 Å². The van der Waals surface area contributed by atoms with Crippen molar-refractivity contribution in [1.29, 1.82) is 0 Å². The molecule has 0 aromatic carbocycles. The van der Waals surface area contributed by atoms with Crippen LogP contribution >= 0.6 is 0 Å². The molecule has 0 aromatic heterocycles. The lowest BCUT2D eigenvalue weighted by Gasteiger charge is -2.37. The average molecular weight is 915 g/mol. The van der Waals surface area contributed by atoms with Crippen molar-refractivity contribution < 1.29 is 112 Å². The maximum atomic E-state index is 12.2. The summed E-state index contributed by atoms with van der Waals surface area (Å²) in [5, 5.41) is 0. The summed E-state index contributed by atoms with van der Waals surface area (Å²) in [4.78, 5) is 4.75. The van der Waals surface area contributed by atoms with Crippen LogP contribution in [0.15, 0.2) is 0 Å². The smallest absolute Gasteiger partial charge is 0.416 e. The van der Waals surface area contributed by atoms with Gasteiger partial charge in [-0.2, -0.15) is 49.4 Å². The molecule has 0 aromatic rings. The number of hydrogen-bond acceptors (Lipinski definition) is 8. The topological polar surface area (TPSA) is 77.1 Å². The Balaban J connectivity index is -0.000000205. The molecule has 342 valence electrons. The highest BCUT2D eigenvalue weighted by Gasteiger charge is 2.38. The van der Waals surface area contributed by atoms with Gasteiger partial charge in [-0.05, 0) is 66.1 Å². The third-order valence-electron chi connectivity index (χ3n) is 5.91. The molecule has 0 bridgehead atoms. The van der Waals surface area contributed by atoms with Crippen molar-refractivity contribution in [2.75, 3.05) is 66.7 Å². The zero-order valence-corrected chi connectivity index (χ0v) is 32.2. The molecule has 0 N–H and O–H groups in total. The van der Waals surface area contributed by atoms with Crippen LogP contribution in [0.2, 0.25) is 37.8 Å². The molecule has 0 amide bonds. The van der Waals surface area contributed by atoms with Gasteiger partial charge in [0.1, 0.15) is 6.10 Å². The lowest BCUT2D eigenvalue weighted by atomic mass is 10.4. The van der Waals surface area contributed by atoms with Crippen LogP contribution in [0.1, 0.15) is 47.0 Å². The first-order chi connectivity index (χ1) is 24.5. The Morgan fingerprint density at radius 2 is 1.13 bits per heavy atom. The molecule has 2 heterocycles. The van der Waals surface area contributed by atoms with Crippen LogP contribution in [0.5, 0.6) is 0 Å². The molecular formula is C27H55F17O8Si3. The second kappa shape index (κ2) is 38.6. The number of hydrogen-bond donors (Lipinski definition) is 0. The van der Waals surface area contributed by atoms with Gasteiger partial charge in [0.25, 0.3) is 9.28 Å². The van der Waals surface area contributed by atoms with Gasteiger partial charge >= 0.3 is 27.1 Å². The van der Waals surface area contributed by atoms with Crippen molar-refractivity contribution in [1.82, 2.24) is 0 Å². The number of ether oxygens (including phenoxy) is 3. The number of epoxide rings is 1. The molecule has 4 unspecified atom stereocenters. The Hall–Kier alpha value is -0.859. The Morgan fingerprint density at radius 1 is 0.691 bits per heavy atom. The second-order valence-electron chi connectivity index (χ2n) is 10.8. The zero-order valence-electron chi connectivity index (χ0n) is 29.1. The van der Waals surface area contributed by atoms with Gasteiger partial charge in [-0.3, -0.25) is 0 Å². The first-order valence-electron chi connectivity index (χ1n) is 15.4. The molecule has 55 heavy (non-hydrogen) atoms. The van der Waals surface area contributed by atoms with Crippen molar-refractivity contribution >= 4 is 26.2 Å². The SMILES string of the molecule is C.C.C[SiH]1O[Si](C)(CCCOCCC(F)(F)F)CCCCO[Si](C)(CCCOCC2CO2)O1.FCC(F)(F)F.FCC(F)(F)F.FCOF.FCOF.FF. The summed E-state index contributed by atoms with van der Waals surface area (Å²) in [7, 11) is -6.17. The lowest BCUT2D eigenvalue weighted by Crippen LogP contribution is -2.49. The molecule has 2 saturated heterocycles. The van der Waals surface area contributed by atoms with Crippen molar-refractivity contribution in [3.63, 3.8) is 0 Å². The van der Waals surface area contributed by atoms with Gasteiger partial charge in [-0.15, -0.1) is 0 Å². The Kier molecular flexibility index (Phi) is 46.4. The van der Waals surface area contributed by atoms with E-state index in [0.717, 1.165) is 50.4 Å². The first-order valence-corrected chi connectivity index (χ1v) is 22.8. The predicted molar refractivity (Wildman–Crippen MR) is 175 cm³/mol. The summed E-state index contributed by atoms with van der Waals surface area (Å²) in [6.45, 7) is 2.22. The van der Waals surface area contributed by atoms with Crippen LogP contribution in [0.4, 0.5) is 75.3 Å². The van der Waals surface area contributed by atoms with E-state index in [1.807, 2.05) is 0 Å². The van der Waals surface area contributed by atoms with Crippen LogP contribution in [-0.4, -0.2) is 118 Å². The standard InChI is InChI=1S/C19H39F3O6Si3.2C2H2F4.2CH2F2O.2CH4.F2/c1-29-27-30(2,14-6-9-23-12-8-19(20,21)22)13-5-4-11-26-31(3,28-29)15-7-10-24-16-18-17-25-18;2*3-1-2(4,5)6;2*2-1-4-3;;;1-2/h18,29H,4-17H2,1-3H3;2*1H2;2*1H2;2*1H4;. The maximum absolute atomic E-state index is 12.2. The van der Waals surface area contributed by atoms with E-state index in [4.69, 9.17) is 36.0 Å². The van der Waals surface area contributed by atoms with Gasteiger partial charge in [-0.25, -0.2) is 17.6 Å². The molecule has 8 nitrogen and oxygen atoms in total. The number of rotatable bonds is 14. The fourth-order valence-corrected chi connectivity index (χ4v) is 15.8. The third-order valence-corrected chi connectivity index (χ3v) is 17.7. The summed E-state index contributed by atoms with van der Waals surface area (Å²) in [6.07, 6.45) is -10.4. The molecule has 2 fully saturated rings. The van der Waals surface area contributed by atoms with E-state index in [2.05, 4.69) is 29.5 Å². The average Bonchev–Trinajstić information content (AvgIpc) is 3.91. The molecule has 2 aliphatic rings. The van der Waals surface area contributed by atoms with Gasteiger partial charge in [0.15, 0.2) is 21.7 Å². The first kappa shape index (κ1) is 66.0. The van der Waals surface area contributed by atoms with E-state index < -0.39 is 78.2 Å². The molecular weight excluding hydrogens is 860 g/mol. The van der Waals surface area contributed by atoms with E-state index in [0.29, 0.717) is 26.4 Å². The molecule has 4 atom stereocenters. The fraction of sp³-hybridized carbons (Fsp3) is 1.00. The monoisotopic (exact) mass is 914 g/mol. The Bertz CT molecular complexity index is 775. The van der Waals surface area contributed by atoms with E-state index in [-0.39, 0.29) is 27.6 Å². The second-order valence-corrected chi connectivity index (χ2v) is 20.8. The van der Waals surface area contributed by atoms with Crippen LogP contribution in [-0.2, 0) is 36.7 Å². The summed E-state index contributed by atoms with van der Waals surface area (Å²) in [5.74, 6) is 0. The van der Waals surface area contributed by atoms with Crippen molar-refractivity contribution in [2.45, 2.75) is 109 Å². The number of alkyl halides is 13. The van der Waals surface area contributed by atoms with Gasteiger partial charge in [0.05, 0.1) is 26.2 Å². The number of halogens is 17. The van der Waals surface area contributed by atoms with E-state index >= 15 is 0 Å². The van der Waals surface area contributed by atoms with Gasteiger partial charge in [0.2, 0.25) is 13.7 Å². The quantitative estimate of drug-likeness (QED) is 0.0738. The predicted octanol–water partition coefficient (Wildman–Crippen LogP) is 11.3. The molecule has 28 heteroatoms. The third kappa shape index (κ3) is 55.3. The van der Waals surface area contributed by atoms with Crippen LogP contribution < -0.4 is 0 Å². The van der Waals surface area contributed by atoms with Crippen LogP contribution in [0.3, 0.4) is 0 Å². The maximum Gasteiger partial charge on any atom is 0.416 e. The molecule has 2 rings (SSSR count). The van der Waals surface area contributed by atoms with E-state index in [1.54, 1.807) is 0 Å². The molecule has 0 spiro atoms. The van der Waals surface area contributed by atoms with Gasteiger partial charge < -0.3 is 26.9 Å². The van der Waals surface area contributed by atoms with Crippen molar-refractivity contribution in [3.8, 4) is 0 Å². The minimum Gasteiger partial charge on any atom is -0.438 e. The van der Waals surface area contributed by atoms with Crippen LogP contribution in [0, 0.1) is 0 Å². The van der Waals surface area contributed by atoms with E-state index in [9.17, 15) is 66.1 Å². The molecule has 0 saturated carbocycles. The largest absolute Gasteiger partial charge is 0.438 e. The van der Waals surface area contributed by atoms with Gasteiger partial charge in [0, 0.05) is 29.0 Å².